The van der Waals surface area contributed by atoms with E-state index >= 15 is 0 Å². The first kappa shape index (κ1) is 14.7. The van der Waals surface area contributed by atoms with Crippen molar-refractivity contribution in [3.63, 3.8) is 0 Å². The van der Waals surface area contributed by atoms with Gasteiger partial charge in [-0.25, -0.2) is 0 Å². The van der Waals surface area contributed by atoms with E-state index in [1.165, 1.54) is 6.08 Å². The molecule has 2 N–H and O–H groups in total. The zero-order valence-corrected chi connectivity index (χ0v) is 11.4. The Morgan fingerprint density at radius 3 is 2.72 bits per heavy atom. The molecule has 1 atom stereocenters. The first-order chi connectivity index (χ1) is 8.58. The molecule has 0 heterocycles. The largest absolute Gasteiger partial charge is 0.394 e. The summed E-state index contributed by atoms with van der Waals surface area (Å²) in [5, 5.41) is 12.4. The number of carbonyl (C=O) groups is 1. The summed E-state index contributed by atoms with van der Waals surface area (Å²) in [6.07, 6.45) is 2.20. The fraction of sp³-hybridized carbons (Fsp3) is 0.357. The Bertz CT molecular complexity index is 439. The highest BCUT2D eigenvalue weighted by Gasteiger charge is 2.08. The van der Waals surface area contributed by atoms with Gasteiger partial charge in [0.2, 0.25) is 5.91 Å². The fourth-order valence-corrected chi connectivity index (χ4v) is 1.86. The number of aliphatic hydroxyl groups is 1. The van der Waals surface area contributed by atoms with E-state index in [-0.39, 0.29) is 18.6 Å². The molecule has 0 radical (unpaired) electrons. The van der Waals surface area contributed by atoms with E-state index in [2.05, 4.69) is 5.32 Å². The summed E-state index contributed by atoms with van der Waals surface area (Å²) in [6.45, 7) is 3.69. The lowest BCUT2D eigenvalue weighted by Gasteiger charge is -2.12. The van der Waals surface area contributed by atoms with Crippen molar-refractivity contribution in [2.45, 2.75) is 26.3 Å². The molecular weight excluding hydrogens is 250 g/mol. The van der Waals surface area contributed by atoms with E-state index in [4.69, 9.17) is 16.7 Å². The summed E-state index contributed by atoms with van der Waals surface area (Å²) in [4.78, 5) is 11.7. The van der Waals surface area contributed by atoms with Gasteiger partial charge in [-0.15, -0.1) is 0 Å². The Morgan fingerprint density at radius 2 is 2.17 bits per heavy atom. The average molecular weight is 268 g/mol. The number of allylic oxidation sites excluding steroid dienone is 1. The molecule has 0 saturated carbocycles. The summed E-state index contributed by atoms with van der Waals surface area (Å²) in [5.74, 6) is -0.215. The maximum Gasteiger partial charge on any atom is 0.244 e. The van der Waals surface area contributed by atoms with E-state index in [0.29, 0.717) is 11.4 Å². The molecule has 1 aromatic carbocycles. The molecule has 3 nitrogen and oxygen atoms in total. The van der Waals surface area contributed by atoms with Gasteiger partial charge in [-0.1, -0.05) is 36.7 Å². The third-order valence-electron chi connectivity index (χ3n) is 2.71. The Morgan fingerprint density at radius 1 is 1.50 bits per heavy atom. The van der Waals surface area contributed by atoms with Gasteiger partial charge in [0.25, 0.3) is 0 Å². The lowest BCUT2D eigenvalue weighted by atomic mass is 10.1. The number of aliphatic hydroxyl groups excluding tert-OH is 1. The highest BCUT2D eigenvalue weighted by atomic mass is 35.5. The molecule has 0 fully saturated rings. The van der Waals surface area contributed by atoms with Crippen molar-refractivity contribution in [3.05, 3.63) is 40.9 Å². The van der Waals surface area contributed by atoms with Gasteiger partial charge in [0.1, 0.15) is 0 Å². The minimum absolute atomic E-state index is 0.0543. The molecule has 0 aliphatic heterocycles. The van der Waals surface area contributed by atoms with Crippen LogP contribution in [0.2, 0.25) is 5.02 Å². The normalized spacial score (nSPS) is 13.2. The quantitative estimate of drug-likeness (QED) is 0.806. The van der Waals surface area contributed by atoms with Gasteiger partial charge in [-0.3, -0.25) is 4.79 Å². The number of halogens is 1. The first-order valence-electron chi connectivity index (χ1n) is 5.93. The van der Waals surface area contributed by atoms with Crippen LogP contribution in [-0.2, 0) is 4.79 Å². The summed E-state index contributed by atoms with van der Waals surface area (Å²) in [7, 11) is 0. The molecule has 1 amide bonds. The van der Waals surface area contributed by atoms with Gasteiger partial charge in [0.15, 0.2) is 0 Å². The van der Waals surface area contributed by atoms with Gasteiger partial charge >= 0.3 is 0 Å². The smallest absolute Gasteiger partial charge is 0.244 e. The van der Waals surface area contributed by atoms with Crippen LogP contribution in [0.4, 0.5) is 0 Å². The molecule has 0 saturated heterocycles. The van der Waals surface area contributed by atoms with Crippen molar-refractivity contribution in [2.24, 2.45) is 0 Å². The lowest BCUT2D eigenvalue weighted by Crippen LogP contribution is -2.35. The van der Waals surface area contributed by atoms with Crippen LogP contribution in [0.25, 0.3) is 5.57 Å². The zero-order chi connectivity index (χ0) is 13.5. The van der Waals surface area contributed by atoms with Crippen molar-refractivity contribution in [3.8, 4) is 0 Å². The first-order valence-corrected chi connectivity index (χ1v) is 6.30. The average Bonchev–Trinajstić information content (AvgIpc) is 2.36. The van der Waals surface area contributed by atoms with Crippen LogP contribution in [0.15, 0.2) is 30.3 Å². The number of carbonyl (C=O) groups excluding carboxylic acids is 1. The third-order valence-corrected chi connectivity index (χ3v) is 3.04. The predicted molar refractivity (Wildman–Crippen MR) is 74.4 cm³/mol. The van der Waals surface area contributed by atoms with Crippen molar-refractivity contribution in [1.82, 2.24) is 5.32 Å². The highest BCUT2D eigenvalue weighted by Crippen LogP contribution is 2.22. The molecule has 1 aromatic rings. The van der Waals surface area contributed by atoms with Crippen LogP contribution in [0, 0.1) is 0 Å². The van der Waals surface area contributed by atoms with Crippen molar-refractivity contribution in [1.29, 1.82) is 0 Å². The molecule has 0 aromatic heterocycles. The van der Waals surface area contributed by atoms with E-state index in [1.54, 1.807) is 6.07 Å². The molecule has 0 aliphatic carbocycles. The van der Waals surface area contributed by atoms with Crippen molar-refractivity contribution < 1.29 is 9.90 Å². The Labute approximate surface area is 112 Å². The molecule has 1 unspecified atom stereocenters. The minimum Gasteiger partial charge on any atom is -0.394 e. The molecule has 1 rings (SSSR count). The molecule has 0 aliphatic rings. The number of rotatable bonds is 5. The van der Waals surface area contributed by atoms with E-state index in [9.17, 15) is 4.79 Å². The molecule has 0 spiro atoms. The summed E-state index contributed by atoms with van der Waals surface area (Å²) >= 11 is 6.05. The van der Waals surface area contributed by atoms with Crippen LogP contribution in [0.5, 0.6) is 0 Å². The van der Waals surface area contributed by atoms with Crippen LogP contribution < -0.4 is 5.32 Å². The number of hydrogen-bond donors (Lipinski definition) is 2. The lowest BCUT2D eigenvalue weighted by molar-refractivity contribution is -0.117. The predicted octanol–water partition coefficient (Wildman–Crippen LogP) is 2.63. The number of nitrogens with one attached hydrogen (secondary N) is 1. The number of amides is 1. The summed E-state index contributed by atoms with van der Waals surface area (Å²) < 4.78 is 0. The van der Waals surface area contributed by atoms with Gasteiger partial charge in [0, 0.05) is 11.1 Å². The van der Waals surface area contributed by atoms with E-state index < -0.39 is 0 Å². The summed E-state index contributed by atoms with van der Waals surface area (Å²) in [5.41, 5.74) is 1.64. The fourth-order valence-electron chi connectivity index (χ4n) is 1.58. The van der Waals surface area contributed by atoms with Crippen LogP contribution >= 0.6 is 11.6 Å². The minimum atomic E-state index is -0.215. The van der Waals surface area contributed by atoms with Gasteiger partial charge in [0.05, 0.1) is 12.6 Å². The second-order valence-electron chi connectivity index (χ2n) is 4.10. The Kier molecular flexibility index (Phi) is 5.89. The second-order valence-corrected chi connectivity index (χ2v) is 4.51. The highest BCUT2D eigenvalue weighted by molar-refractivity contribution is 6.32. The monoisotopic (exact) mass is 267 g/mol. The molecular formula is C14H18ClNO2. The number of benzene rings is 1. The van der Waals surface area contributed by atoms with Gasteiger partial charge < -0.3 is 10.4 Å². The molecule has 18 heavy (non-hydrogen) atoms. The standard InChI is InChI=1S/C14H18ClNO2/c1-3-11(9-17)16-14(18)8-10(2)12-6-4-5-7-13(12)15/h4-8,11,17H,3,9H2,1-2H3,(H,16,18)/b10-8-. The topological polar surface area (TPSA) is 49.3 Å². The van der Waals surface area contributed by atoms with Gasteiger partial charge in [-0.05, 0) is 30.5 Å². The van der Waals surface area contributed by atoms with Crippen LogP contribution in [0.3, 0.4) is 0 Å². The maximum absolute atomic E-state index is 11.7. The molecule has 4 heteroatoms. The van der Waals surface area contributed by atoms with Crippen molar-refractivity contribution in [2.75, 3.05) is 6.61 Å². The molecule has 0 bridgehead atoms. The SMILES string of the molecule is CCC(CO)NC(=O)/C=C(/C)c1ccccc1Cl. The van der Waals surface area contributed by atoms with E-state index in [1.807, 2.05) is 32.0 Å². The third kappa shape index (κ3) is 4.17. The Balaban J connectivity index is 2.77. The molecule has 98 valence electrons. The second kappa shape index (κ2) is 7.19. The maximum atomic E-state index is 11.7. The van der Waals surface area contributed by atoms with E-state index in [0.717, 1.165) is 11.1 Å². The van der Waals surface area contributed by atoms with Gasteiger partial charge in [-0.2, -0.15) is 0 Å². The van der Waals surface area contributed by atoms with Crippen LogP contribution in [0.1, 0.15) is 25.8 Å². The van der Waals surface area contributed by atoms with Crippen LogP contribution in [-0.4, -0.2) is 23.7 Å². The van der Waals surface area contributed by atoms with Crippen molar-refractivity contribution >= 4 is 23.1 Å². The number of hydrogen-bond acceptors (Lipinski definition) is 2. The Hall–Kier alpha value is -1.32. The zero-order valence-electron chi connectivity index (χ0n) is 10.6. The summed E-state index contributed by atoms with van der Waals surface area (Å²) in [6, 6.07) is 7.17.